The first-order valence-corrected chi connectivity index (χ1v) is 11.2. The molecule has 1 aliphatic carbocycles. The Balaban J connectivity index is 1.76. The molecule has 1 aromatic carbocycles. The largest absolute Gasteiger partial charge is 0.465 e. The van der Waals surface area contributed by atoms with E-state index < -0.39 is 5.97 Å². The molecule has 0 fully saturated rings. The third-order valence-corrected chi connectivity index (χ3v) is 6.30. The van der Waals surface area contributed by atoms with E-state index in [1.165, 1.54) is 12.7 Å². The third kappa shape index (κ3) is 4.94. The van der Waals surface area contributed by atoms with Crippen molar-refractivity contribution < 1.29 is 9.53 Å². The number of benzene rings is 1. The summed E-state index contributed by atoms with van der Waals surface area (Å²) < 4.78 is 5.02. The number of pyridine rings is 2. The minimum Gasteiger partial charge on any atom is -0.465 e. The Labute approximate surface area is 194 Å². The molecule has 6 nitrogen and oxygen atoms in total. The van der Waals surface area contributed by atoms with Crippen molar-refractivity contribution in [1.29, 1.82) is 5.26 Å². The summed E-state index contributed by atoms with van der Waals surface area (Å²) in [6.07, 6.45) is 6.84. The van der Waals surface area contributed by atoms with Crippen molar-refractivity contribution in [2.45, 2.75) is 52.2 Å². The molecule has 0 N–H and O–H groups in total. The molecule has 2 heterocycles. The number of aryl methyl sites for hydroxylation is 3. The normalized spacial score (nSPS) is 15.1. The number of aromatic nitrogens is 2. The van der Waals surface area contributed by atoms with E-state index in [2.05, 4.69) is 30.0 Å². The Morgan fingerprint density at radius 3 is 2.82 bits per heavy atom. The first kappa shape index (κ1) is 22.6. The fraction of sp³-hybridized carbons (Fsp3) is 0.333. The molecule has 0 amide bonds. The molecule has 33 heavy (non-hydrogen) atoms. The lowest BCUT2D eigenvalue weighted by molar-refractivity contribution is 0.0596. The van der Waals surface area contributed by atoms with E-state index >= 15 is 0 Å². The number of rotatable bonds is 6. The summed E-state index contributed by atoms with van der Waals surface area (Å²) in [5, 5.41) is 9.32. The Morgan fingerprint density at radius 1 is 1.21 bits per heavy atom. The van der Waals surface area contributed by atoms with Crippen LogP contribution in [0, 0.1) is 25.2 Å². The number of fused-ring (bicyclic) bond motifs is 1. The topological polar surface area (TPSA) is 79.1 Å². The second-order valence-corrected chi connectivity index (χ2v) is 8.61. The van der Waals surface area contributed by atoms with Gasteiger partial charge < -0.3 is 4.74 Å². The SMILES string of the molecule is COC(=O)c1cc(C#N)ccc1CN(Cc1ncc(C)cc1C)C1CCCc2cccnc21. The van der Waals surface area contributed by atoms with Crippen LogP contribution >= 0.6 is 0 Å². The molecular formula is C27H28N4O2. The van der Waals surface area contributed by atoms with Gasteiger partial charge in [-0.05, 0) is 73.6 Å². The van der Waals surface area contributed by atoms with Crippen LogP contribution in [-0.4, -0.2) is 27.9 Å². The average Bonchev–Trinajstić information content (AvgIpc) is 2.84. The van der Waals surface area contributed by atoms with E-state index in [1.807, 2.05) is 31.5 Å². The van der Waals surface area contributed by atoms with E-state index in [0.717, 1.165) is 47.3 Å². The number of carbonyl (C=O) groups is 1. The second kappa shape index (κ2) is 9.93. The molecule has 2 aromatic heterocycles. The first-order valence-electron chi connectivity index (χ1n) is 11.2. The molecule has 1 aliphatic rings. The summed E-state index contributed by atoms with van der Waals surface area (Å²) >= 11 is 0. The van der Waals surface area contributed by atoms with Crippen LogP contribution in [0.15, 0.2) is 48.8 Å². The van der Waals surface area contributed by atoms with Gasteiger partial charge in [-0.15, -0.1) is 0 Å². The number of hydrogen-bond acceptors (Lipinski definition) is 6. The third-order valence-electron chi connectivity index (χ3n) is 6.30. The molecule has 0 saturated carbocycles. The van der Waals surface area contributed by atoms with Crippen molar-refractivity contribution in [3.63, 3.8) is 0 Å². The quantitative estimate of drug-likeness (QED) is 0.511. The molecule has 1 unspecified atom stereocenters. The molecular weight excluding hydrogens is 412 g/mol. The summed E-state index contributed by atoms with van der Waals surface area (Å²) in [6, 6.07) is 13.7. The Morgan fingerprint density at radius 2 is 2.06 bits per heavy atom. The molecule has 0 spiro atoms. The van der Waals surface area contributed by atoms with Gasteiger partial charge in [0.2, 0.25) is 0 Å². The Hall–Kier alpha value is -3.56. The Kier molecular flexibility index (Phi) is 6.81. The summed E-state index contributed by atoms with van der Waals surface area (Å²) in [7, 11) is 1.36. The smallest absolute Gasteiger partial charge is 0.338 e. The van der Waals surface area contributed by atoms with Crippen molar-refractivity contribution in [1.82, 2.24) is 14.9 Å². The van der Waals surface area contributed by atoms with E-state index in [4.69, 9.17) is 14.7 Å². The predicted octanol–water partition coefficient (Wildman–Crippen LogP) is 4.83. The van der Waals surface area contributed by atoms with Gasteiger partial charge in [0, 0.05) is 25.5 Å². The maximum Gasteiger partial charge on any atom is 0.338 e. The van der Waals surface area contributed by atoms with Crippen LogP contribution < -0.4 is 0 Å². The highest BCUT2D eigenvalue weighted by Crippen LogP contribution is 2.35. The maximum atomic E-state index is 12.5. The van der Waals surface area contributed by atoms with Crippen LogP contribution in [0.25, 0.3) is 0 Å². The van der Waals surface area contributed by atoms with Gasteiger partial charge in [0.15, 0.2) is 0 Å². The fourth-order valence-corrected chi connectivity index (χ4v) is 4.62. The van der Waals surface area contributed by atoms with Gasteiger partial charge in [0.05, 0.1) is 41.7 Å². The molecule has 4 rings (SSSR count). The summed E-state index contributed by atoms with van der Waals surface area (Å²) in [6.45, 7) is 5.28. The zero-order valence-corrected chi connectivity index (χ0v) is 19.3. The van der Waals surface area contributed by atoms with Crippen molar-refractivity contribution in [2.75, 3.05) is 7.11 Å². The summed E-state index contributed by atoms with van der Waals surface area (Å²) in [4.78, 5) is 24.3. The van der Waals surface area contributed by atoms with Crippen molar-refractivity contribution in [3.05, 3.63) is 93.6 Å². The molecule has 3 aromatic rings. The van der Waals surface area contributed by atoms with Gasteiger partial charge in [0.25, 0.3) is 0 Å². The van der Waals surface area contributed by atoms with Gasteiger partial charge in [-0.1, -0.05) is 18.2 Å². The first-order chi connectivity index (χ1) is 16.0. The van der Waals surface area contributed by atoms with Gasteiger partial charge in [-0.25, -0.2) is 4.79 Å². The molecule has 0 aliphatic heterocycles. The highest BCUT2D eigenvalue weighted by Gasteiger charge is 2.29. The van der Waals surface area contributed by atoms with Crippen LogP contribution in [-0.2, 0) is 24.2 Å². The van der Waals surface area contributed by atoms with Gasteiger partial charge in [-0.3, -0.25) is 14.9 Å². The van der Waals surface area contributed by atoms with E-state index in [1.54, 1.807) is 12.1 Å². The van der Waals surface area contributed by atoms with Gasteiger partial charge in [0.1, 0.15) is 0 Å². The Bertz CT molecular complexity index is 1210. The van der Waals surface area contributed by atoms with Crippen LogP contribution in [0.1, 0.15) is 68.4 Å². The van der Waals surface area contributed by atoms with Crippen molar-refractivity contribution in [2.24, 2.45) is 0 Å². The number of carbonyl (C=O) groups excluding carboxylic acids is 1. The molecule has 168 valence electrons. The fourth-order valence-electron chi connectivity index (χ4n) is 4.62. The molecule has 1 atom stereocenters. The van der Waals surface area contributed by atoms with Crippen LogP contribution in [0.3, 0.4) is 0 Å². The lowest BCUT2D eigenvalue weighted by atomic mass is 9.90. The number of nitriles is 1. The number of hydrogen-bond donors (Lipinski definition) is 0. The molecule has 0 saturated heterocycles. The van der Waals surface area contributed by atoms with E-state index in [-0.39, 0.29) is 6.04 Å². The number of nitrogens with zero attached hydrogens (tertiary/aromatic N) is 4. The summed E-state index contributed by atoms with van der Waals surface area (Å²) in [5.41, 5.74) is 7.35. The number of esters is 1. The highest BCUT2D eigenvalue weighted by atomic mass is 16.5. The zero-order chi connectivity index (χ0) is 23.4. The monoisotopic (exact) mass is 440 g/mol. The summed E-state index contributed by atoms with van der Waals surface area (Å²) in [5.74, 6) is -0.436. The maximum absolute atomic E-state index is 12.5. The van der Waals surface area contributed by atoms with E-state index in [9.17, 15) is 10.1 Å². The van der Waals surface area contributed by atoms with Crippen LogP contribution in [0.2, 0.25) is 0 Å². The van der Waals surface area contributed by atoms with Crippen molar-refractivity contribution >= 4 is 5.97 Å². The number of methoxy groups -OCH3 is 1. The van der Waals surface area contributed by atoms with Gasteiger partial charge in [-0.2, -0.15) is 5.26 Å². The second-order valence-electron chi connectivity index (χ2n) is 8.61. The van der Waals surface area contributed by atoms with Crippen LogP contribution in [0.4, 0.5) is 0 Å². The lowest BCUT2D eigenvalue weighted by Gasteiger charge is -2.35. The average molecular weight is 441 g/mol. The van der Waals surface area contributed by atoms with Crippen LogP contribution in [0.5, 0.6) is 0 Å². The molecule has 0 bridgehead atoms. The molecule has 0 radical (unpaired) electrons. The number of ether oxygens (including phenoxy) is 1. The minimum atomic E-state index is -0.436. The lowest BCUT2D eigenvalue weighted by Crippen LogP contribution is -2.32. The zero-order valence-electron chi connectivity index (χ0n) is 19.3. The standard InChI is InChI=1S/C27H28N4O2/c1-18-12-19(2)24(30-15-18)17-31(25-8-4-6-21-7-5-11-29-26(21)25)16-22-10-9-20(14-28)13-23(22)27(32)33-3/h5,7,9-13,15,25H,4,6,8,16-17H2,1-3H3. The van der Waals surface area contributed by atoms with Gasteiger partial charge >= 0.3 is 5.97 Å². The van der Waals surface area contributed by atoms with E-state index in [0.29, 0.717) is 24.2 Å². The van der Waals surface area contributed by atoms with Crippen molar-refractivity contribution in [3.8, 4) is 6.07 Å². The highest BCUT2D eigenvalue weighted by molar-refractivity contribution is 5.91. The predicted molar refractivity (Wildman–Crippen MR) is 125 cm³/mol. The minimum absolute atomic E-state index is 0.110. The molecule has 6 heteroatoms.